The Morgan fingerprint density at radius 1 is 1.14 bits per heavy atom. The van der Waals surface area contributed by atoms with Gasteiger partial charge >= 0.3 is 12.0 Å². The normalized spacial score (nSPS) is 11.0. The van der Waals surface area contributed by atoms with E-state index < -0.39 is 11.8 Å². The first-order chi connectivity index (χ1) is 13.4. The number of carboxylic acids is 1. The third-order valence-electron chi connectivity index (χ3n) is 4.39. The quantitative estimate of drug-likeness (QED) is 0.493. The lowest BCUT2D eigenvalue weighted by atomic mass is 10.0. The molecule has 140 valence electrons. The van der Waals surface area contributed by atoms with E-state index >= 15 is 0 Å². The van der Waals surface area contributed by atoms with E-state index in [4.69, 9.17) is 16.3 Å². The lowest BCUT2D eigenvalue weighted by Crippen LogP contribution is -1.95. The standard InChI is InChI=1S/C21H14ClFN2O3/c1-25-18-7-3-6-15(12-4-2-5-13(10-12)20(26)27)19(18)24-21(25)28-14-8-9-16(22)17(23)11-14/h2-11H,1H3,(H,26,27). The number of ether oxygens (including phenoxy) is 1. The highest BCUT2D eigenvalue weighted by Crippen LogP contribution is 2.33. The van der Waals surface area contributed by atoms with Gasteiger partial charge < -0.3 is 9.84 Å². The van der Waals surface area contributed by atoms with Crippen molar-refractivity contribution in [2.75, 3.05) is 0 Å². The number of rotatable bonds is 4. The summed E-state index contributed by atoms with van der Waals surface area (Å²) in [5, 5.41) is 9.26. The zero-order chi connectivity index (χ0) is 19.8. The third kappa shape index (κ3) is 3.18. The molecule has 4 rings (SSSR count). The minimum Gasteiger partial charge on any atom is -0.478 e. The van der Waals surface area contributed by atoms with Crippen molar-refractivity contribution in [3.63, 3.8) is 0 Å². The molecule has 0 fully saturated rings. The molecule has 0 aliphatic heterocycles. The number of carboxylic acid groups (broad SMARTS) is 1. The van der Waals surface area contributed by atoms with Gasteiger partial charge in [-0.3, -0.25) is 4.57 Å². The van der Waals surface area contributed by atoms with Crippen LogP contribution in [0, 0.1) is 5.82 Å². The fraction of sp³-hybridized carbons (Fsp3) is 0.0476. The molecule has 0 radical (unpaired) electrons. The summed E-state index contributed by atoms with van der Waals surface area (Å²) in [6, 6.07) is 16.7. The summed E-state index contributed by atoms with van der Waals surface area (Å²) in [4.78, 5) is 15.8. The third-order valence-corrected chi connectivity index (χ3v) is 4.70. The fourth-order valence-electron chi connectivity index (χ4n) is 2.98. The van der Waals surface area contributed by atoms with E-state index in [-0.39, 0.29) is 22.3 Å². The maximum absolute atomic E-state index is 13.7. The number of fused-ring (bicyclic) bond motifs is 1. The van der Waals surface area contributed by atoms with Crippen molar-refractivity contribution in [1.82, 2.24) is 9.55 Å². The van der Waals surface area contributed by atoms with E-state index in [0.717, 1.165) is 16.6 Å². The topological polar surface area (TPSA) is 64.4 Å². The minimum absolute atomic E-state index is 0.0120. The lowest BCUT2D eigenvalue weighted by molar-refractivity contribution is 0.0697. The van der Waals surface area contributed by atoms with Crippen LogP contribution in [0.15, 0.2) is 60.7 Å². The number of carbonyl (C=O) groups is 1. The molecule has 0 aliphatic rings. The Balaban J connectivity index is 1.81. The molecule has 0 spiro atoms. The predicted octanol–water partition coefficient (Wildman–Crippen LogP) is 5.52. The second-order valence-corrected chi connectivity index (χ2v) is 6.60. The summed E-state index contributed by atoms with van der Waals surface area (Å²) in [5.41, 5.74) is 3.14. The molecule has 4 aromatic rings. The molecule has 7 heteroatoms. The number of nitrogens with zero attached hydrogens (tertiary/aromatic N) is 2. The summed E-state index contributed by atoms with van der Waals surface area (Å²) in [6.45, 7) is 0. The highest BCUT2D eigenvalue weighted by molar-refractivity contribution is 6.30. The molecule has 1 heterocycles. The molecule has 0 unspecified atom stereocenters. The van der Waals surface area contributed by atoms with Crippen LogP contribution < -0.4 is 4.74 Å². The number of aromatic carboxylic acids is 1. The van der Waals surface area contributed by atoms with Crippen LogP contribution >= 0.6 is 11.6 Å². The van der Waals surface area contributed by atoms with Crippen LogP contribution in [-0.4, -0.2) is 20.6 Å². The van der Waals surface area contributed by atoms with Gasteiger partial charge in [-0.1, -0.05) is 35.9 Å². The van der Waals surface area contributed by atoms with Crippen molar-refractivity contribution >= 4 is 28.6 Å². The summed E-state index contributed by atoms with van der Waals surface area (Å²) in [5.74, 6) is -1.30. The number of halogens is 2. The second-order valence-electron chi connectivity index (χ2n) is 6.19. The van der Waals surface area contributed by atoms with Gasteiger partial charge in [-0.05, 0) is 35.9 Å². The number of hydrogen-bond acceptors (Lipinski definition) is 3. The van der Waals surface area contributed by atoms with Crippen LogP contribution in [0.1, 0.15) is 10.4 Å². The summed E-state index contributed by atoms with van der Waals surface area (Å²) in [6.07, 6.45) is 0. The molecule has 0 bridgehead atoms. The summed E-state index contributed by atoms with van der Waals surface area (Å²) >= 11 is 5.71. The zero-order valence-corrected chi connectivity index (χ0v) is 15.4. The van der Waals surface area contributed by atoms with Crippen molar-refractivity contribution in [3.8, 4) is 22.9 Å². The molecular formula is C21H14ClFN2O3. The molecule has 0 atom stereocenters. The summed E-state index contributed by atoms with van der Waals surface area (Å²) in [7, 11) is 1.79. The van der Waals surface area contributed by atoms with E-state index in [2.05, 4.69) is 4.98 Å². The molecule has 1 aromatic heterocycles. The molecule has 3 aromatic carbocycles. The van der Waals surface area contributed by atoms with E-state index in [9.17, 15) is 14.3 Å². The maximum atomic E-state index is 13.7. The van der Waals surface area contributed by atoms with E-state index in [1.165, 1.54) is 18.2 Å². The van der Waals surface area contributed by atoms with Crippen LogP contribution in [0.4, 0.5) is 4.39 Å². The minimum atomic E-state index is -0.996. The maximum Gasteiger partial charge on any atom is 0.335 e. The van der Waals surface area contributed by atoms with Gasteiger partial charge in [0.25, 0.3) is 0 Å². The first-order valence-corrected chi connectivity index (χ1v) is 8.74. The number of hydrogen-bond donors (Lipinski definition) is 1. The first-order valence-electron chi connectivity index (χ1n) is 8.36. The largest absolute Gasteiger partial charge is 0.478 e. The monoisotopic (exact) mass is 396 g/mol. The molecule has 0 saturated heterocycles. The van der Waals surface area contributed by atoms with Gasteiger partial charge in [0.15, 0.2) is 0 Å². The van der Waals surface area contributed by atoms with Crippen molar-refractivity contribution in [3.05, 3.63) is 77.1 Å². The Labute approximate surface area is 164 Å². The van der Waals surface area contributed by atoms with Gasteiger partial charge in [-0.2, -0.15) is 4.98 Å². The van der Waals surface area contributed by atoms with E-state index in [1.807, 2.05) is 24.3 Å². The second kappa shape index (κ2) is 6.98. The molecular weight excluding hydrogens is 383 g/mol. The van der Waals surface area contributed by atoms with Crippen molar-refractivity contribution in [2.45, 2.75) is 0 Å². The Hall–Kier alpha value is -3.38. The van der Waals surface area contributed by atoms with Crippen LogP contribution in [0.25, 0.3) is 22.2 Å². The van der Waals surface area contributed by atoms with Crippen molar-refractivity contribution in [1.29, 1.82) is 0 Å². The van der Waals surface area contributed by atoms with Gasteiger partial charge in [-0.25, -0.2) is 9.18 Å². The number of aryl methyl sites for hydroxylation is 1. The molecule has 5 nitrogen and oxygen atoms in total. The van der Waals surface area contributed by atoms with Crippen LogP contribution in [0.5, 0.6) is 11.8 Å². The number of benzene rings is 3. The molecule has 28 heavy (non-hydrogen) atoms. The highest BCUT2D eigenvalue weighted by atomic mass is 35.5. The van der Waals surface area contributed by atoms with Crippen LogP contribution in [0.3, 0.4) is 0 Å². The van der Waals surface area contributed by atoms with Gasteiger partial charge in [0.05, 0.1) is 16.1 Å². The molecule has 0 aliphatic carbocycles. The van der Waals surface area contributed by atoms with Gasteiger partial charge in [0.2, 0.25) is 0 Å². The Bertz CT molecular complexity index is 1220. The van der Waals surface area contributed by atoms with E-state index in [0.29, 0.717) is 5.52 Å². The number of imidazole rings is 1. The van der Waals surface area contributed by atoms with Crippen molar-refractivity contribution in [2.24, 2.45) is 7.05 Å². The van der Waals surface area contributed by atoms with Crippen LogP contribution in [-0.2, 0) is 7.05 Å². The predicted molar refractivity (Wildman–Crippen MR) is 105 cm³/mol. The zero-order valence-electron chi connectivity index (χ0n) is 14.7. The lowest BCUT2D eigenvalue weighted by Gasteiger charge is -2.05. The highest BCUT2D eigenvalue weighted by Gasteiger charge is 2.15. The molecule has 0 saturated carbocycles. The Morgan fingerprint density at radius 2 is 1.93 bits per heavy atom. The van der Waals surface area contributed by atoms with Gasteiger partial charge in [-0.15, -0.1) is 0 Å². The first kappa shape index (κ1) is 18.0. The molecule has 0 amide bonds. The average molecular weight is 397 g/mol. The Kier molecular flexibility index (Phi) is 4.49. The summed E-state index contributed by atoms with van der Waals surface area (Å²) < 4.78 is 21.2. The fourth-order valence-corrected chi connectivity index (χ4v) is 3.10. The van der Waals surface area contributed by atoms with Gasteiger partial charge in [0.1, 0.15) is 17.1 Å². The number of para-hydroxylation sites is 1. The Morgan fingerprint density at radius 3 is 2.68 bits per heavy atom. The van der Waals surface area contributed by atoms with E-state index in [1.54, 1.807) is 29.8 Å². The average Bonchev–Trinajstić information content (AvgIpc) is 3.00. The SMILES string of the molecule is Cn1c(Oc2ccc(Cl)c(F)c2)nc2c(-c3cccc(C(=O)O)c3)cccc21. The van der Waals surface area contributed by atoms with Gasteiger partial charge in [0, 0.05) is 18.7 Å². The smallest absolute Gasteiger partial charge is 0.335 e. The number of aromatic nitrogens is 2. The van der Waals surface area contributed by atoms with Crippen LogP contribution in [0.2, 0.25) is 5.02 Å². The molecule has 1 N–H and O–H groups in total. The van der Waals surface area contributed by atoms with Crippen molar-refractivity contribution < 1.29 is 19.0 Å².